The Balaban J connectivity index is 2.03. The van der Waals surface area contributed by atoms with Crippen molar-refractivity contribution in [3.05, 3.63) is 58.7 Å². The van der Waals surface area contributed by atoms with Crippen LogP contribution in [0.2, 0.25) is 0 Å². The van der Waals surface area contributed by atoms with Gasteiger partial charge < -0.3 is 10.0 Å². The van der Waals surface area contributed by atoms with E-state index in [1.54, 1.807) is 0 Å². The van der Waals surface area contributed by atoms with Crippen molar-refractivity contribution in [2.45, 2.75) is 26.9 Å². The molecule has 1 N–H and O–H groups in total. The Bertz CT molecular complexity index is 633. The monoisotopic (exact) mass is 298 g/mol. The van der Waals surface area contributed by atoms with Gasteiger partial charge in [0.05, 0.1) is 0 Å². The zero-order valence-corrected chi connectivity index (χ0v) is 14.2. The van der Waals surface area contributed by atoms with Gasteiger partial charge in [0.2, 0.25) is 0 Å². The summed E-state index contributed by atoms with van der Waals surface area (Å²) in [6.07, 6.45) is 0. The summed E-state index contributed by atoms with van der Waals surface area (Å²) in [5.74, 6) is 0.387. The van der Waals surface area contributed by atoms with Crippen LogP contribution in [-0.4, -0.2) is 31.1 Å². The molecule has 2 aromatic rings. The van der Waals surface area contributed by atoms with E-state index < -0.39 is 0 Å². The van der Waals surface area contributed by atoms with Crippen LogP contribution in [0.4, 0.5) is 5.69 Å². The highest BCUT2D eigenvalue weighted by Crippen LogP contribution is 2.23. The quantitative estimate of drug-likeness (QED) is 0.911. The van der Waals surface area contributed by atoms with Gasteiger partial charge in [0.1, 0.15) is 5.75 Å². The average molecular weight is 298 g/mol. The summed E-state index contributed by atoms with van der Waals surface area (Å²) in [4.78, 5) is 4.31. The summed E-state index contributed by atoms with van der Waals surface area (Å²) in [5, 5.41) is 10.1. The maximum atomic E-state index is 10.1. The van der Waals surface area contributed by atoms with Crippen molar-refractivity contribution in [1.29, 1.82) is 0 Å². The number of hydrogen-bond acceptors (Lipinski definition) is 3. The smallest absolute Gasteiger partial charge is 0.120 e. The standard InChI is InChI=1S/C19H26N2O/c1-14-10-17(19(22)11-15(14)2)13-21(5)12-16-6-8-18(9-7-16)20(3)4/h6-11,22H,12-13H2,1-5H3. The minimum absolute atomic E-state index is 0.387. The maximum Gasteiger partial charge on any atom is 0.120 e. The maximum absolute atomic E-state index is 10.1. The normalized spacial score (nSPS) is 11.0. The van der Waals surface area contributed by atoms with E-state index in [1.165, 1.54) is 16.8 Å². The lowest BCUT2D eigenvalue weighted by molar-refractivity contribution is 0.312. The average Bonchev–Trinajstić information content (AvgIpc) is 2.45. The van der Waals surface area contributed by atoms with Gasteiger partial charge in [-0.1, -0.05) is 18.2 Å². The Morgan fingerprint density at radius 2 is 1.45 bits per heavy atom. The van der Waals surface area contributed by atoms with Crippen LogP contribution in [0, 0.1) is 13.8 Å². The number of rotatable bonds is 5. The molecule has 0 aliphatic rings. The second kappa shape index (κ2) is 6.84. The summed E-state index contributed by atoms with van der Waals surface area (Å²) in [5.41, 5.74) is 5.81. The fourth-order valence-corrected chi connectivity index (χ4v) is 2.55. The van der Waals surface area contributed by atoms with E-state index in [9.17, 15) is 5.11 Å². The van der Waals surface area contributed by atoms with Crippen molar-refractivity contribution in [3.63, 3.8) is 0 Å². The van der Waals surface area contributed by atoms with E-state index in [0.717, 1.165) is 24.2 Å². The summed E-state index contributed by atoms with van der Waals surface area (Å²) >= 11 is 0. The number of hydrogen-bond donors (Lipinski definition) is 1. The van der Waals surface area contributed by atoms with Gasteiger partial charge in [-0.05, 0) is 55.8 Å². The van der Waals surface area contributed by atoms with E-state index in [-0.39, 0.29) is 0 Å². The highest BCUT2D eigenvalue weighted by molar-refractivity contribution is 5.46. The molecule has 0 spiro atoms. The van der Waals surface area contributed by atoms with Crippen LogP contribution in [0.3, 0.4) is 0 Å². The molecular formula is C19H26N2O. The van der Waals surface area contributed by atoms with E-state index in [2.05, 4.69) is 54.1 Å². The summed E-state index contributed by atoms with van der Waals surface area (Å²) in [6, 6.07) is 12.5. The van der Waals surface area contributed by atoms with Crippen molar-refractivity contribution in [2.75, 3.05) is 26.0 Å². The molecule has 0 bridgehead atoms. The van der Waals surface area contributed by atoms with E-state index in [1.807, 2.05) is 27.1 Å². The molecule has 3 heteroatoms. The number of aryl methyl sites for hydroxylation is 2. The fraction of sp³-hybridized carbons (Fsp3) is 0.368. The van der Waals surface area contributed by atoms with Crippen LogP contribution in [0.25, 0.3) is 0 Å². The predicted octanol–water partition coefficient (Wildman–Crippen LogP) is 3.71. The van der Waals surface area contributed by atoms with Gasteiger partial charge in [-0.3, -0.25) is 4.90 Å². The van der Waals surface area contributed by atoms with Gasteiger partial charge in [-0.15, -0.1) is 0 Å². The molecular weight excluding hydrogens is 272 g/mol. The second-order valence-electron chi connectivity index (χ2n) is 6.30. The molecule has 0 fully saturated rings. The lowest BCUT2D eigenvalue weighted by Gasteiger charge is -2.19. The molecule has 0 amide bonds. The first-order chi connectivity index (χ1) is 10.4. The third-order valence-electron chi connectivity index (χ3n) is 4.04. The number of benzene rings is 2. The molecule has 0 saturated heterocycles. The molecule has 0 unspecified atom stereocenters. The molecule has 0 saturated carbocycles. The van der Waals surface area contributed by atoms with Crippen LogP contribution in [0.15, 0.2) is 36.4 Å². The Kier molecular flexibility index (Phi) is 5.09. The predicted molar refractivity (Wildman–Crippen MR) is 93.5 cm³/mol. The molecule has 0 aliphatic carbocycles. The van der Waals surface area contributed by atoms with Crippen molar-refractivity contribution in [2.24, 2.45) is 0 Å². The highest BCUT2D eigenvalue weighted by atomic mass is 16.3. The van der Waals surface area contributed by atoms with Gasteiger partial charge in [0.15, 0.2) is 0 Å². The molecule has 0 radical (unpaired) electrons. The number of phenols is 1. The van der Waals surface area contributed by atoms with Crippen LogP contribution >= 0.6 is 0 Å². The van der Waals surface area contributed by atoms with Crippen molar-refractivity contribution in [3.8, 4) is 5.75 Å². The number of phenolic OH excluding ortho intramolecular Hbond substituents is 1. The first kappa shape index (κ1) is 16.4. The molecule has 0 aliphatic heterocycles. The Morgan fingerprint density at radius 1 is 0.864 bits per heavy atom. The number of aromatic hydroxyl groups is 1. The molecule has 22 heavy (non-hydrogen) atoms. The van der Waals surface area contributed by atoms with Crippen LogP contribution in [0.5, 0.6) is 5.75 Å². The Morgan fingerprint density at radius 3 is 2.05 bits per heavy atom. The van der Waals surface area contributed by atoms with Crippen LogP contribution in [0.1, 0.15) is 22.3 Å². The van der Waals surface area contributed by atoms with Crippen molar-refractivity contribution >= 4 is 5.69 Å². The van der Waals surface area contributed by atoms with Crippen LogP contribution < -0.4 is 4.90 Å². The third-order valence-corrected chi connectivity index (χ3v) is 4.04. The Labute approximate surface area is 133 Å². The first-order valence-corrected chi connectivity index (χ1v) is 7.60. The molecule has 0 aromatic heterocycles. The summed E-state index contributed by atoms with van der Waals surface area (Å²) in [6.45, 7) is 5.70. The molecule has 3 nitrogen and oxygen atoms in total. The Hall–Kier alpha value is -2.00. The first-order valence-electron chi connectivity index (χ1n) is 7.60. The van der Waals surface area contributed by atoms with Gasteiger partial charge in [-0.25, -0.2) is 0 Å². The zero-order valence-electron chi connectivity index (χ0n) is 14.2. The molecule has 2 rings (SSSR count). The third kappa shape index (κ3) is 4.01. The highest BCUT2D eigenvalue weighted by Gasteiger charge is 2.08. The van der Waals surface area contributed by atoms with Gasteiger partial charge in [-0.2, -0.15) is 0 Å². The van der Waals surface area contributed by atoms with E-state index >= 15 is 0 Å². The van der Waals surface area contributed by atoms with Crippen molar-refractivity contribution < 1.29 is 5.11 Å². The second-order valence-corrected chi connectivity index (χ2v) is 6.30. The van der Waals surface area contributed by atoms with Crippen LogP contribution in [-0.2, 0) is 13.1 Å². The van der Waals surface area contributed by atoms with Crippen molar-refractivity contribution in [1.82, 2.24) is 4.90 Å². The van der Waals surface area contributed by atoms with Gasteiger partial charge in [0, 0.05) is 38.4 Å². The SMILES string of the molecule is Cc1cc(O)c(CN(C)Cc2ccc(N(C)C)cc2)cc1C. The molecule has 2 aromatic carbocycles. The molecule has 118 valence electrons. The summed E-state index contributed by atoms with van der Waals surface area (Å²) < 4.78 is 0. The fourth-order valence-electron chi connectivity index (χ4n) is 2.55. The number of nitrogens with zero attached hydrogens (tertiary/aromatic N) is 2. The zero-order chi connectivity index (χ0) is 16.3. The largest absolute Gasteiger partial charge is 0.508 e. The molecule has 0 atom stereocenters. The van der Waals surface area contributed by atoms with Gasteiger partial charge in [0.25, 0.3) is 0 Å². The number of anilines is 1. The lowest BCUT2D eigenvalue weighted by atomic mass is 10.0. The van der Waals surface area contributed by atoms with E-state index in [4.69, 9.17) is 0 Å². The summed E-state index contributed by atoms with van der Waals surface area (Å²) in [7, 11) is 6.17. The van der Waals surface area contributed by atoms with E-state index in [0.29, 0.717) is 5.75 Å². The lowest BCUT2D eigenvalue weighted by Crippen LogP contribution is -2.17. The topological polar surface area (TPSA) is 26.7 Å². The molecule has 0 heterocycles. The minimum Gasteiger partial charge on any atom is -0.508 e. The van der Waals surface area contributed by atoms with Gasteiger partial charge >= 0.3 is 0 Å². The minimum atomic E-state index is 0.387.